The summed E-state index contributed by atoms with van der Waals surface area (Å²) in [6, 6.07) is 2.11. The van der Waals surface area contributed by atoms with Crippen LogP contribution in [-0.2, 0) is 7.05 Å². The van der Waals surface area contributed by atoms with Gasteiger partial charge in [-0.2, -0.15) is 10.1 Å². The van der Waals surface area contributed by atoms with Crippen molar-refractivity contribution in [1.82, 2.24) is 29.7 Å². The Morgan fingerprint density at radius 2 is 1.82 bits per heavy atom. The van der Waals surface area contributed by atoms with E-state index in [1.807, 2.05) is 7.05 Å². The third-order valence-corrected chi connectivity index (χ3v) is 5.96. The Balaban J connectivity index is 1.34. The second-order valence-corrected chi connectivity index (χ2v) is 8.18. The van der Waals surface area contributed by atoms with Crippen LogP contribution in [0.2, 0.25) is 0 Å². The van der Waals surface area contributed by atoms with Gasteiger partial charge in [0, 0.05) is 56.8 Å². The number of hydrogen-bond acceptors (Lipinski definition) is 7. The second-order valence-electron chi connectivity index (χ2n) is 8.18. The SMILES string of the molecule is CC(C)c1cc(N2CC3CN(c4nc5c(cnn5C)c(=O)[nH]4)CC3C2)ncn1. The van der Waals surface area contributed by atoms with E-state index in [-0.39, 0.29) is 5.56 Å². The summed E-state index contributed by atoms with van der Waals surface area (Å²) in [4.78, 5) is 33.3. The highest BCUT2D eigenvalue weighted by atomic mass is 16.1. The molecule has 0 radical (unpaired) electrons. The molecule has 146 valence electrons. The Morgan fingerprint density at radius 3 is 2.54 bits per heavy atom. The third kappa shape index (κ3) is 2.73. The standard InChI is InChI=1S/C19H24N8O/c1-11(2)15-4-16(21-10-20-15)26-6-12-8-27(9-13(12)7-26)19-23-17-14(18(28)24-19)5-22-25(17)3/h4-5,10-13H,6-9H2,1-3H3,(H,23,24,28). The Kier molecular flexibility index (Phi) is 3.85. The second kappa shape index (κ2) is 6.29. The van der Waals surface area contributed by atoms with Gasteiger partial charge in [0.05, 0.1) is 6.20 Å². The van der Waals surface area contributed by atoms with Crippen LogP contribution in [0, 0.1) is 11.8 Å². The van der Waals surface area contributed by atoms with Crippen molar-refractivity contribution < 1.29 is 0 Å². The first-order valence-electron chi connectivity index (χ1n) is 9.73. The quantitative estimate of drug-likeness (QED) is 0.728. The summed E-state index contributed by atoms with van der Waals surface area (Å²) in [5.74, 6) is 3.12. The highest BCUT2D eigenvalue weighted by Crippen LogP contribution is 2.35. The van der Waals surface area contributed by atoms with E-state index >= 15 is 0 Å². The molecule has 0 saturated carbocycles. The van der Waals surface area contributed by atoms with E-state index in [2.05, 4.69) is 54.7 Å². The van der Waals surface area contributed by atoms with E-state index in [1.54, 1.807) is 17.2 Å². The molecule has 28 heavy (non-hydrogen) atoms. The molecule has 1 N–H and O–H groups in total. The zero-order chi connectivity index (χ0) is 19.4. The van der Waals surface area contributed by atoms with Gasteiger partial charge < -0.3 is 9.80 Å². The van der Waals surface area contributed by atoms with Gasteiger partial charge in [-0.15, -0.1) is 0 Å². The van der Waals surface area contributed by atoms with E-state index in [9.17, 15) is 4.79 Å². The van der Waals surface area contributed by atoms with Crippen molar-refractivity contribution in [3.05, 3.63) is 34.6 Å². The Hall–Kier alpha value is -2.97. The fourth-order valence-electron chi connectivity index (χ4n) is 4.37. The van der Waals surface area contributed by atoms with Crippen LogP contribution in [0.3, 0.4) is 0 Å². The average Bonchev–Trinajstić information content (AvgIpc) is 3.35. The summed E-state index contributed by atoms with van der Waals surface area (Å²) in [7, 11) is 1.81. The summed E-state index contributed by atoms with van der Waals surface area (Å²) in [5, 5.41) is 4.67. The predicted octanol–water partition coefficient (Wildman–Crippen LogP) is 1.14. The largest absolute Gasteiger partial charge is 0.356 e. The topological polar surface area (TPSA) is 95.8 Å². The molecule has 2 aliphatic rings. The van der Waals surface area contributed by atoms with Crippen LogP contribution in [0.1, 0.15) is 25.5 Å². The smallest absolute Gasteiger partial charge is 0.263 e. The zero-order valence-corrected chi connectivity index (χ0v) is 16.3. The summed E-state index contributed by atoms with van der Waals surface area (Å²) in [5.41, 5.74) is 1.57. The molecule has 5 rings (SSSR count). The maximum atomic E-state index is 12.3. The van der Waals surface area contributed by atoms with Crippen LogP contribution in [-0.4, -0.2) is 55.9 Å². The number of nitrogens with one attached hydrogen (secondary N) is 1. The highest BCUT2D eigenvalue weighted by molar-refractivity contribution is 5.74. The monoisotopic (exact) mass is 380 g/mol. The molecular formula is C19H24N8O. The van der Waals surface area contributed by atoms with Crippen LogP contribution in [0.5, 0.6) is 0 Å². The number of hydrogen-bond donors (Lipinski definition) is 1. The first kappa shape index (κ1) is 17.2. The number of rotatable bonds is 3. The van der Waals surface area contributed by atoms with Gasteiger partial charge in [-0.25, -0.2) is 9.97 Å². The lowest BCUT2D eigenvalue weighted by molar-refractivity contribution is 0.533. The number of H-pyrrole nitrogens is 1. The first-order valence-corrected chi connectivity index (χ1v) is 9.73. The van der Waals surface area contributed by atoms with E-state index < -0.39 is 0 Å². The Bertz CT molecular complexity index is 1070. The zero-order valence-electron chi connectivity index (χ0n) is 16.3. The summed E-state index contributed by atoms with van der Waals surface area (Å²) < 4.78 is 1.65. The minimum atomic E-state index is -0.131. The molecule has 2 unspecified atom stereocenters. The van der Waals surface area contributed by atoms with E-state index in [0.717, 1.165) is 37.7 Å². The molecular weight excluding hydrogens is 356 g/mol. The first-order chi connectivity index (χ1) is 13.5. The van der Waals surface area contributed by atoms with Crippen LogP contribution < -0.4 is 15.4 Å². The lowest BCUT2D eigenvalue weighted by Crippen LogP contribution is -2.31. The van der Waals surface area contributed by atoms with Crippen molar-refractivity contribution in [2.45, 2.75) is 19.8 Å². The fraction of sp³-hybridized carbons (Fsp3) is 0.526. The molecule has 3 aromatic heterocycles. The molecule has 0 aliphatic carbocycles. The molecule has 3 aromatic rings. The molecule has 0 amide bonds. The van der Waals surface area contributed by atoms with Gasteiger partial charge in [0.2, 0.25) is 5.95 Å². The molecule has 2 atom stereocenters. The van der Waals surface area contributed by atoms with Gasteiger partial charge in [-0.05, 0) is 5.92 Å². The number of fused-ring (bicyclic) bond motifs is 2. The fourth-order valence-corrected chi connectivity index (χ4v) is 4.37. The predicted molar refractivity (Wildman–Crippen MR) is 107 cm³/mol. The van der Waals surface area contributed by atoms with Crippen LogP contribution in [0.15, 0.2) is 23.4 Å². The van der Waals surface area contributed by atoms with Gasteiger partial charge in [-0.3, -0.25) is 14.5 Å². The molecule has 0 bridgehead atoms. The van der Waals surface area contributed by atoms with Crippen molar-refractivity contribution in [2.75, 3.05) is 36.0 Å². The number of aromatic nitrogens is 6. The molecule has 2 fully saturated rings. The number of aromatic amines is 1. The summed E-state index contributed by atoms with van der Waals surface area (Å²) >= 11 is 0. The maximum absolute atomic E-state index is 12.3. The minimum absolute atomic E-state index is 0.131. The van der Waals surface area contributed by atoms with Gasteiger partial charge in [0.15, 0.2) is 5.65 Å². The van der Waals surface area contributed by atoms with Crippen LogP contribution >= 0.6 is 0 Å². The molecule has 9 heteroatoms. The average molecular weight is 380 g/mol. The molecule has 9 nitrogen and oxygen atoms in total. The van der Waals surface area contributed by atoms with Crippen LogP contribution in [0.25, 0.3) is 11.0 Å². The lowest BCUT2D eigenvalue weighted by Gasteiger charge is -2.23. The van der Waals surface area contributed by atoms with Gasteiger partial charge in [-0.1, -0.05) is 13.8 Å². The normalized spacial score (nSPS) is 21.9. The summed E-state index contributed by atoms with van der Waals surface area (Å²) in [6.45, 7) is 8.00. The van der Waals surface area contributed by atoms with Crippen molar-refractivity contribution in [1.29, 1.82) is 0 Å². The summed E-state index contributed by atoms with van der Waals surface area (Å²) in [6.07, 6.45) is 3.23. The van der Waals surface area contributed by atoms with Gasteiger partial charge >= 0.3 is 0 Å². The number of aryl methyl sites for hydroxylation is 1. The molecule has 5 heterocycles. The molecule has 0 spiro atoms. The molecule has 2 saturated heterocycles. The minimum Gasteiger partial charge on any atom is -0.356 e. The Morgan fingerprint density at radius 1 is 1.11 bits per heavy atom. The number of anilines is 2. The molecule has 0 aromatic carbocycles. The van der Waals surface area contributed by atoms with Crippen LogP contribution in [0.4, 0.5) is 11.8 Å². The van der Waals surface area contributed by atoms with Crippen molar-refractivity contribution in [3.8, 4) is 0 Å². The van der Waals surface area contributed by atoms with Crippen molar-refractivity contribution in [3.63, 3.8) is 0 Å². The Labute approximate surface area is 162 Å². The lowest BCUT2D eigenvalue weighted by atomic mass is 10.0. The van der Waals surface area contributed by atoms with Gasteiger partial charge in [0.25, 0.3) is 5.56 Å². The maximum Gasteiger partial charge on any atom is 0.263 e. The van der Waals surface area contributed by atoms with E-state index in [0.29, 0.717) is 34.7 Å². The number of nitrogens with zero attached hydrogens (tertiary/aromatic N) is 7. The van der Waals surface area contributed by atoms with E-state index in [1.165, 1.54) is 0 Å². The van der Waals surface area contributed by atoms with Crippen molar-refractivity contribution >= 4 is 22.8 Å². The highest BCUT2D eigenvalue weighted by Gasteiger charge is 2.41. The van der Waals surface area contributed by atoms with Crippen molar-refractivity contribution in [2.24, 2.45) is 18.9 Å². The van der Waals surface area contributed by atoms with Gasteiger partial charge in [0.1, 0.15) is 17.5 Å². The third-order valence-electron chi connectivity index (χ3n) is 5.96. The molecule has 2 aliphatic heterocycles. The van der Waals surface area contributed by atoms with E-state index in [4.69, 9.17) is 0 Å².